The molecule has 226 valence electrons. The Morgan fingerprint density at radius 2 is 1.59 bits per heavy atom. The van der Waals surface area contributed by atoms with E-state index < -0.39 is 31.1 Å². The molecule has 6 nitrogen and oxygen atoms in total. The molecular weight excluding hydrogens is 574 g/mol. The number of anilines is 1. The maximum absolute atomic E-state index is 12.9. The van der Waals surface area contributed by atoms with Gasteiger partial charge in [-0.25, -0.2) is 0 Å². The van der Waals surface area contributed by atoms with Gasteiger partial charge in [-0.1, -0.05) is 41.4 Å². The van der Waals surface area contributed by atoms with E-state index >= 15 is 0 Å². The van der Waals surface area contributed by atoms with E-state index in [4.69, 9.17) is 11.6 Å². The average molecular weight is 607 g/mol. The number of piperazine rings is 1. The molecule has 2 N–H and O–H groups in total. The molecule has 2 amide bonds. The highest BCUT2D eigenvalue weighted by Crippen LogP contribution is 2.39. The van der Waals surface area contributed by atoms with E-state index in [1.165, 1.54) is 12.1 Å². The summed E-state index contributed by atoms with van der Waals surface area (Å²) in [5.41, 5.74) is 2.05. The molecule has 41 heavy (non-hydrogen) atoms. The molecule has 0 aromatic heterocycles. The van der Waals surface area contributed by atoms with Gasteiger partial charge in [0.25, 0.3) is 0 Å². The lowest BCUT2D eigenvalue weighted by Gasteiger charge is -2.31. The van der Waals surface area contributed by atoms with Crippen molar-refractivity contribution >= 4 is 29.1 Å². The van der Waals surface area contributed by atoms with Crippen LogP contribution in [0.15, 0.2) is 42.5 Å². The van der Waals surface area contributed by atoms with E-state index in [1.54, 1.807) is 9.80 Å². The minimum atomic E-state index is -4.77. The Labute approximate surface area is 240 Å². The number of hydrogen-bond donors (Lipinski definition) is 2. The van der Waals surface area contributed by atoms with Crippen molar-refractivity contribution < 1.29 is 35.9 Å². The number of carbonyl (C=O) groups excluding carboxylic acids is 2. The molecule has 0 aliphatic carbocycles. The Balaban J connectivity index is 1.61. The fraction of sp³-hybridized carbons (Fsp3) is 0.500. The molecule has 2 aromatic carbocycles. The second-order valence-electron chi connectivity index (χ2n) is 10.1. The Morgan fingerprint density at radius 3 is 2.15 bits per heavy atom. The van der Waals surface area contributed by atoms with Gasteiger partial charge in [0.1, 0.15) is 0 Å². The largest absolute Gasteiger partial charge is 0.389 e. The summed E-state index contributed by atoms with van der Waals surface area (Å²) in [5, 5.41) is 5.96. The molecule has 1 saturated heterocycles. The van der Waals surface area contributed by atoms with Crippen LogP contribution in [0.3, 0.4) is 0 Å². The van der Waals surface area contributed by atoms with Gasteiger partial charge in [0.05, 0.1) is 25.9 Å². The number of hydrogen-bond acceptors (Lipinski definition) is 4. The highest BCUT2D eigenvalue weighted by molar-refractivity contribution is 6.31. The van der Waals surface area contributed by atoms with Gasteiger partial charge in [0.15, 0.2) is 0 Å². The smallest absolute Gasteiger partial charge is 0.354 e. The topological polar surface area (TPSA) is 64.7 Å². The normalized spacial score (nSPS) is 14.3. The van der Waals surface area contributed by atoms with E-state index in [0.717, 1.165) is 11.6 Å². The second kappa shape index (κ2) is 14.3. The number of aryl methyl sites for hydroxylation is 1. The van der Waals surface area contributed by atoms with Gasteiger partial charge in [0, 0.05) is 49.4 Å². The molecule has 0 unspecified atom stereocenters. The summed E-state index contributed by atoms with van der Waals surface area (Å²) < 4.78 is 77.4. The van der Waals surface area contributed by atoms with Crippen LogP contribution in [0.5, 0.6) is 0 Å². The maximum atomic E-state index is 12.9. The highest BCUT2D eigenvalue weighted by atomic mass is 35.5. The third kappa shape index (κ3) is 11.1. The van der Waals surface area contributed by atoms with Gasteiger partial charge >= 0.3 is 12.4 Å². The first kappa shape index (κ1) is 32.5. The van der Waals surface area contributed by atoms with Gasteiger partial charge in [-0.15, -0.1) is 0 Å². The quantitative estimate of drug-likeness (QED) is 0.344. The average Bonchev–Trinajstić information content (AvgIpc) is 2.88. The first-order chi connectivity index (χ1) is 19.2. The number of rotatable bonds is 11. The van der Waals surface area contributed by atoms with Crippen LogP contribution in [0.2, 0.25) is 5.02 Å². The first-order valence-electron chi connectivity index (χ1n) is 13.2. The molecule has 2 aromatic rings. The minimum absolute atomic E-state index is 0.0147. The Kier molecular flexibility index (Phi) is 11.3. The number of nitrogens with zero attached hydrogens (tertiary/aromatic N) is 2. The predicted octanol–water partition coefficient (Wildman–Crippen LogP) is 5.23. The molecular formula is C28H33ClF6N4O2. The number of amides is 2. The van der Waals surface area contributed by atoms with Gasteiger partial charge in [-0.05, 0) is 42.7 Å². The number of benzene rings is 2. The van der Waals surface area contributed by atoms with Crippen molar-refractivity contribution in [1.82, 2.24) is 15.5 Å². The van der Waals surface area contributed by atoms with E-state index in [0.29, 0.717) is 37.4 Å². The van der Waals surface area contributed by atoms with Crippen LogP contribution in [0.1, 0.15) is 35.4 Å². The molecule has 3 rings (SSSR count). The number of halogens is 7. The van der Waals surface area contributed by atoms with Gasteiger partial charge < -0.3 is 20.4 Å². The fourth-order valence-electron chi connectivity index (χ4n) is 4.62. The Hall–Kier alpha value is -2.99. The number of alkyl halides is 6. The lowest BCUT2D eigenvalue weighted by Crippen LogP contribution is -2.50. The second-order valence-corrected chi connectivity index (χ2v) is 10.5. The lowest BCUT2D eigenvalue weighted by molar-refractivity contribution is -0.163. The predicted molar refractivity (Wildman–Crippen MR) is 145 cm³/mol. The van der Waals surface area contributed by atoms with Crippen LogP contribution in [-0.4, -0.2) is 74.9 Å². The summed E-state index contributed by atoms with van der Waals surface area (Å²) >= 11 is 6.21. The summed E-state index contributed by atoms with van der Waals surface area (Å²) in [6, 6.07) is 11.2. The third-order valence-corrected chi connectivity index (χ3v) is 7.10. The standard InChI is InChI=1S/C28H33ClF6N4O2/c1-19-2-6-23(7-3-19)39(18-26(41)38-12-10-36-11-13-38)17-25(40)37-9-8-20-4-5-21(14-24(20)29)22(15-27(30,31)32)16-28(33,34)35/h2-7,14,22,36H,8-13,15-18H2,1H3,(H,37,40). The van der Waals surface area contributed by atoms with Crippen molar-refractivity contribution in [3.05, 3.63) is 64.2 Å². The summed E-state index contributed by atoms with van der Waals surface area (Å²) in [4.78, 5) is 29.1. The summed E-state index contributed by atoms with van der Waals surface area (Å²) in [7, 11) is 0. The van der Waals surface area contributed by atoms with E-state index in [9.17, 15) is 35.9 Å². The molecule has 0 spiro atoms. The van der Waals surface area contributed by atoms with Gasteiger partial charge in [-0.3, -0.25) is 9.59 Å². The van der Waals surface area contributed by atoms with Gasteiger partial charge in [-0.2, -0.15) is 26.3 Å². The molecule has 0 bridgehead atoms. The van der Waals surface area contributed by atoms with Crippen LogP contribution in [0.25, 0.3) is 0 Å². The molecule has 0 saturated carbocycles. The Bertz CT molecular complexity index is 1150. The van der Waals surface area contributed by atoms with Crippen molar-refractivity contribution in [2.24, 2.45) is 0 Å². The van der Waals surface area contributed by atoms with Crippen LogP contribution in [-0.2, 0) is 16.0 Å². The number of carbonyl (C=O) groups is 2. The molecule has 1 fully saturated rings. The van der Waals surface area contributed by atoms with Crippen LogP contribution in [0, 0.1) is 6.92 Å². The summed E-state index contributed by atoms with van der Waals surface area (Å²) in [5.74, 6) is -2.26. The highest BCUT2D eigenvalue weighted by Gasteiger charge is 2.39. The molecule has 1 aliphatic heterocycles. The Morgan fingerprint density at radius 1 is 0.976 bits per heavy atom. The molecule has 0 atom stereocenters. The minimum Gasteiger partial charge on any atom is -0.354 e. The SMILES string of the molecule is Cc1ccc(N(CC(=O)NCCc2ccc(C(CC(F)(F)F)CC(F)(F)F)cc2Cl)CC(=O)N2CCNCC2)cc1. The summed E-state index contributed by atoms with van der Waals surface area (Å²) in [6.45, 7) is 4.54. The van der Waals surface area contributed by atoms with Gasteiger partial charge in [0.2, 0.25) is 11.8 Å². The molecule has 0 radical (unpaired) electrons. The maximum Gasteiger partial charge on any atom is 0.389 e. The first-order valence-corrected chi connectivity index (χ1v) is 13.6. The molecule has 1 aliphatic rings. The van der Waals surface area contributed by atoms with Crippen molar-refractivity contribution in [2.45, 2.75) is 44.5 Å². The van der Waals surface area contributed by atoms with Crippen LogP contribution >= 0.6 is 11.6 Å². The zero-order chi connectivity index (χ0) is 30.2. The summed E-state index contributed by atoms with van der Waals surface area (Å²) in [6.07, 6.45) is -12.6. The molecule has 13 heteroatoms. The lowest BCUT2D eigenvalue weighted by atomic mass is 9.91. The van der Waals surface area contributed by atoms with Crippen molar-refractivity contribution in [3.8, 4) is 0 Å². The monoisotopic (exact) mass is 606 g/mol. The van der Waals surface area contributed by atoms with E-state index in [2.05, 4.69) is 10.6 Å². The van der Waals surface area contributed by atoms with Crippen molar-refractivity contribution in [2.75, 3.05) is 50.7 Å². The zero-order valence-corrected chi connectivity index (χ0v) is 23.3. The fourth-order valence-corrected chi connectivity index (χ4v) is 4.91. The van der Waals surface area contributed by atoms with Crippen molar-refractivity contribution in [1.29, 1.82) is 0 Å². The number of nitrogens with one attached hydrogen (secondary N) is 2. The van der Waals surface area contributed by atoms with Crippen LogP contribution in [0.4, 0.5) is 32.0 Å². The van der Waals surface area contributed by atoms with Crippen molar-refractivity contribution in [3.63, 3.8) is 0 Å². The molecule has 1 heterocycles. The zero-order valence-electron chi connectivity index (χ0n) is 22.5. The van der Waals surface area contributed by atoms with E-state index in [-0.39, 0.29) is 48.5 Å². The third-order valence-electron chi connectivity index (χ3n) is 6.75. The van der Waals surface area contributed by atoms with Crippen LogP contribution < -0.4 is 15.5 Å². The van der Waals surface area contributed by atoms with E-state index in [1.807, 2.05) is 31.2 Å².